The number of rotatable bonds is 1. The van der Waals surface area contributed by atoms with Gasteiger partial charge in [-0.25, -0.2) is 15.0 Å². The summed E-state index contributed by atoms with van der Waals surface area (Å²) in [5, 5.41) is 9.80. The van der Waals surface area contributed by atoms with E-state index in [-0.39, 0.29) is 5.82 Å². The van der Waals surface area contributed by atoms with Gasteiger partial charge in [-0.1, -0.05) is 0 Å². The Morgan fingerprint density at radius 3 is 1.79 bits per heavy atom. The fourth-order valence-electron chi connectivity index (χ4n) is 0.674. The van der Waals surface area contributed by atoms with Crippen molar-refractivity contribution in [1.82, 2.24) is 19.9 Å². The summed E-state index contributed by atoms with van der Waals surface area (Å²) in [6.07, 6.45) is 5.85. The van der Waals surface area contributed by atoms with Crippen molar-refractivity contribution in [2.45, 2.75) is 6.92 Å². The summed E-state index contributed by atoms with van der Waals surface area (Å²) in [4.78, 5) is 21.7. The second-order valence-corrected chi connectivity index (χ2v) is 18.3. The molecule has 0 saturated carbocycles. The summed E-state index contributed by atoms with van der Waals surface area (Å²) in [6, 6.07) is 0. The number of nitrogens with one attached hydrogen (secondary N) is 2. The Morgan fingerprint density at radius 2 is 1.63 bits per heavy atom. The van der Waals surface area contributed by atoms with Crippen LogP contribution in [0.2, 0.25) is 0 Å². The third kappa shape index (κ3) is 13.9. The molecule has 0 saturated heterocycles. The Balaban J connectivity index is 0.000000265. The zero-order valence-corrected chi connectivity index (χ0v) is 14.1. The molecule has 19 heavy (non-hydrogen) atoms. The molecular weight excluding hydrogens is 376 g/mol. The van der Waals surface area contributed by atoms with Crippen LogP contribution in [0.4, 0.5) is 5.82 Å². The Morgan fingerprint density at radius 1 is 1.16 bits per heavy atom. The topological polar surface area (TPSA) is 100 Å². The average molecular weight is 385 g/mol. The number of aromatic amines is 2. The summed E-state index contributed by atoms with van der Waals surface area (Å²) in [7, 11) is 20.1. The van der Waals surface area contributed by atoms with E-state index in [9.17, 15) is 10.1 Å². The number of H-pyrrole nitrogens is 2. The van der Waals surface area contributed by atoms with Gasteiger partial charge in [0.05, 0.1) is 6.33 Å². The molecule has 0 atom stereocenters. The first-order valence-corrected chi connectivity index (χ1v) is 13.1. The van der Waals surface area contributed by atoms with Crippen LogP contribution in [0.25, 0.3) is 0 Å². The van der Waals surface area contributed by atoms with E-state index in [1.165, 1.54) is 6.33 Å². The Labute approximate surface area is 127 Å². The predicted molar refractivity (Wildman–Crippen MR) is 72.0 cm³/mol. The van der Waals surface area contributed by atoms with Crippen molar-refractivity contribution in [2.24, 2.45) is 0 Å². The van der Waals surface area contributed by atoms with E-state index in [0.717, 1.165) is 11.9 Å². The van der Waals surface area contributed by atoms with Crippen LogP contribution in [-0.2, 0) is 12.3 Å². The van der Waals surface area contributed by atoms with E-state index < -0.39 is 17.3 Å². The average Bonchev–Trinajstić information content (AvgIpc) is 2.86. The number of aromatic nitrogens is 4. The van der Waals surface area contributed by atoms with Crippen LogP contribution in [0.15, 0.2) is 25.0 Å². The molecule has 0 spiro atoms. The van der Waals surface area contributed by atoms with E-state index in [0.29, 0.717) is 0 Å². The molecule has 0 aliphatic carbocycles. The van der Waals surface area contributed by atoms with Gasteiger partial charge in [0.1, 0.15) is 6.20 Å². The number of hydrogen-bond donors (Lipinski definition) is 2. The zero-order valence-electron chi connectivity index (χ0n) is 9.48. The summed E-state index contributed by atoms with van der Waals surface area (Å²) in [6.45, 7) is 1.97. The van der Waals surface area contributed by atoms with Crippen molar-refractivity contribution in [1.29, 1.82) is 0 Å². The molecule has 0 fully saturated rings. The SMILES string of the molecule is Cc1cnc[nH]1.O=[N+]([O-])c1cnc[nH]1.[Cl][Ti]([Cl])([Cl])[Cl]. The predicted octanol–water partition coefficient (Wildman–Crippen LogP) is 3.79. The molecule has 7 nitrogen and oxygen atoms in total. The molecule has 0 aliphatic heterocycles. The van der Waals surface area contributed by atoms with Gasteiger partial charge < -0.3 is 15.1 Å². The fourth-order valence-corrected chi connectivity index (χ4v) is 0.674. The van der Waals surface area contributed by atoms with Crippen LogP contribution >= 0.6 is 37.2 Å². The standard InChI is InChI=1S/C4H6N2.C3H3N3O2.4ClH.Ti/c1-4-2-5-3-6-4;7-6(8)3-1-4-2-5-3;;;;;/h2-3H,1H3,(H,5,6);1-2H,(H,4,5);4*1H;/q;;;;;;+4/p-4. The van der Waals surface area contributed by atoms with Gasteiger partial charge in [-0.05, 0) is 11.8 Å². The summed E-state index contributed by atoms with van der Waals surface area (Å²) >= 11 is -3.11. The molecule has 106 valence electrons. The molecular formula is C7H9Cl4N5O2Ti. The molecule has 0 radical (unpaired) electrons. The molecule has 2 aromatic rings. The summed E-state index contributed by atoms with van der Waals surface area (Å²) in [5.41, 5.74) is 1.11. The molecule has 0 amide bonds. The van der Waals surface area contributed by atoms with E-state index in [4.69, 9.17) is 37.2 Å². The Kier molecular flexibility index (Phi) is 9.42. The van der Waals surface area contributed by atoms with Gasteiger partial charge in [0.2, 0.25) is 0 Å². The summed E-state index contributed by atoms with van der Waals surface area (Å²) < 4.78 is 0. The normalized spacial score (nSPS) is 9.74. The second-order valence-electron chi connectivity index (χ2n) is 2.86. The Bertz CT molecular complexity index is 452. The molecule has 2 N–H and O–H groups in total. The van der Waals surface area contributed by atoms with Crippen LogP contribution < -0.4 is 0 Å². The molecule has 12 heteroatoms. The molecule has 0 bridgehead atoms. The van der Waals surface area contributed by atoms with E-state index in [1.807, 2.05) is 6.92 Å². The molecule has 2 aromatic heterocycles. The fraction of sp³-hybridized carbons (Fsp3) is 0.143. The van der Waals surface area contributed by atoms with Gasteiger partial charge in [-0.2, -0.15) is 0 Å². The number of halogens is 4. The van der Waals surface area contributed by atoms with Gasteiger partial charge >= 0.3 is 55.4 Å². The third-order valence-corrected chi connectivity index (χ3v) is 1.32. The maximum absolute atomic E-state index is 9.80. The maximum atomic E-state index is 9.80. The number of nitro groups is 1. The van der Waals surface area contributed by atoms with Crippen molar-refractivity contribution < 1.29 is 17.3 Å². The molecule has 0 aromatic carbocycles. The zero-order chi connectivity index (χ0) is 14.9. The van der Waals surface area contributed by atoms with Crippen molar-refractivity contribution >= 4 is 43.0 Å². The molecule has 2 heterocycles. The van der Waals surface area contributed by atoms with Crippen molar-refractivity contribution in [2.75, 3.05) is 0 Å². The van der Waals surface area contributed by atoms with Crippen LogP contribution in [0.5, 0.6) is 0 Å². The van der Waals surface area contributed by atoms with Gasteiger partial charge in [0, 0.05) is 11.9 Å². The van der Waals surface area contributed by atoms with E-state index in [2.05, 4.69) is 19.9 Å². The first-order chi connectivity index (χ1) is 8.70. The second kappa shape index (κ2) is 9.57. The minimum absolute atomic E-state index is 0.0787. The summed E-state index contributed by atoms with van der Waals surface area (Å²) in [5.74, 6) is -0.0787. The first kappa shape index (κ1) is 18.7. The van der Waals surface area contributed by atoms with Gasteiger partial charge in [-0.3, -0.25) is 0 Å². The monoisotopic (exact) mass is 383 g/mol. The van der Waals surface area contributed by atoms with E-state index >= 15 is 0 Å². The van der Waals surface area contributed by atoms with Crippen molar-refractivity contribution in [3.05, 3.63) is 40.9 Å². The van der Waals surface area contributed by atoms with Crippen LogP contribution in [0.1, 0.15) is 5.69 Å². The number of imidazole rings is 2. The van der Waals surface area contributed by atoms with Gasteiger partial charge in [-0.15, -0.1) is 0 Å². The number of hydrogen-bond acceptors (Lipinski definition) is 4. The first-order valence-electron chi connectivity index (χ1n) is 4.53. The Hall–Kier alpha value is -0.306. The quantitative estimate of drug-likeness (QED) is 0.443. The van der Waals surface area contributed by atoms with Crippen LogP contribution in [-0.4, -0.2) is 24.9 Å². The van der Waals surface area contributed by atoms with Crippen LogP contribution in [0.3, 0.4) is 0 Å². The van der Waals surface area contributed by atoms with E-state index in [1.54, 1.807) is 12.5 Å². The minimum atomic E-state index is -3.11. The van der Waals surface area contributed by atoms with Crippen molar-refractivity contribution in [3.63, 3.8) is 0 Å². The molecule has 0 aliphatic rings. The van der Waals surface area contributed by atoms with Crippen LogP contribution in [0, 0.1) is 17.0 Å². The van der Waals surface area contributed by atoms with Gasteiger partial charge in [0.15, 0.2) is 6.33 Å². The molecule has 0 unspecified atom stereocenters. The number of aryl methyl sites for hydroxylation is 1. The van der Waals surface area contributed by atoms with Gasteiger partial charge in [0.25, 0.3) is 0 Å². The molecule has 2 rings (SSSR count). The third-order valence-electron chi connectivity index (χ3n) is 1.32. The number of nitrogens with zero attached hydrogens (tertiary/aromatic N) is 3. The van der Waals surface area contributed by atoms with Crippen molar-refractivity contribution in [3.8, 4) is 0 Å².